The first-order chi connectivity index (χ1) is 9.44. The topological polar surface area (TPSA) is 54.5 Å². The van der Waals surface area contributed by atoms with E-state index in [0.717, 1.165) is 9.54 Å². The number of halogens is 1. The molecule has 1 saturated heterocycles. The smallest absolute Gasteiger partial charge is 0.186 e. The second-order valence-electron chi connectivity index (χ2n) is 4.48. The zero-order valence-corrected chi connectivity index (χ0v) is 15.1. The summed E-state index contributed by atoms with van der Waals surface area (Å²) in [4.78, 5) is 14.7. The van der Waals surface area contributed by atoms with E-state index in [1.54, 1.807) is 24.8 Å². The molecule has 2 heterocycles. The van der Waals surface area contributed by atoms with Gasteiger partial charge in [-0.3, -0.25) is 9.69 Å². The SMILES string of the molecule is CCS(=O)(=O)C1CSCCN1CC(=O)c1ccc(Br)s1. The van der Waals surface area contributed by atoms with Crippen molar-refractivity contribution in [1.82, 2.24) is 4.90 Å². The van der Waals surface area contributed by atoms with Crippen LogP contribution in [0.5, 0.6) is 0 Å². The van der Waals surface area contributed by atoms with Gasteiger partial charge < -0.3 is 0 Å². The van der Waals surface area contributed by atoms with Crippen molar-refractivity contribution in [1.29, 1.82) is 0 Å². The summed E-state index contributed by atoms with van der Waals surface area (Å²) >= 11 is 6.36. The lowest BCUT2D eigenvalue weighted by Gasteiger charge is -2.33. The fourth-order valence-corrected chi connectivity index (χ4v) is 6.44. The second-order valence-corrected chi connectivity index (χ2v) is 10.5. The Morgan fingerprint density at radius 1 is 1.50 bits per heavy atom. The fourth-order valence-electron chi connectivity index (χ4n) is 2.05. The summed E-state index contributed by atoms with van der Waals surface area (Å²) in [6.45, 7) is 2.48. The molecule has 2 rings (SSSR count). The molecule has 112 valence electrons. The van der Waals surface area contributed by atoms with Gasteiger partial charge in [0.05, 0.1) is 15.2 Å². The number of hydrogen-bond donors (Lipinski definition) is 0. The number of sulfone groups is 1. The van der Waals surface area contributed by atoms with Crippen molar-refractivity contribution in [3.05, 3.63) is 20.8 Å². The number of rotatable bonds is 5. The molecule has 0 radical (unpaired) electrons. The summed E-state index contributed by atoms with van der Waals surface area (Å²) in [5, 5.41) is -0.529. The zero-order chi connectivity index (χ0) is 14.8. The van der Waals surface area contributed by atoms with Gasteiger partial charge in [-0.05, 0) is 28.1 Å². The number of nitrogens with zero attached hydrogens (tertiary/aromatic N) is 1. The molecule has 0 aromatic carbocycles. The Morgan fingerprint density at radius 3 is 2.85 bits per heavy atom. The molecule has 1 aliphatic rings. The molecule has 1 aromatic rings. The number of hydrogen-bond acceptors (Lipinski definition) is 6. The maximum atomic E-state index is 12.2. The summed E-state index contributed by atoms with van der Waals surface area (Å²) in [6, 6.07) is 3.61. The van der Waals surface area contributed by atoms with E-state index in [1.807, 2.05) is 11.0 Å². The van der Waals surface area contributed by atoms with Crippen molar-refractivity contribution in [2.24, 2.45) is 0 Å². The van der Waals surface area contributed by atoms with Crippen molar-refractivity contribution in [3.63, 3.8) is 0 Å². The molecule has 1 fully saturated rings. The van der Waals surface area contributed by atoms with E-state index in [2.05, 4.69) is 15.9 Å². The average Bonchev–Trinajstić information content (AvgIpc) is 2.86. The van der Waals surface area contributed by atoms with Gasteiger partial charge in [0, 0.05) is 23.8 Å². The highest BCUT2D eigenvalue weighted by Gasteiger charge is 2.33. The molecule has 0 saturated carbocycles. The van der Waals surface area contributed by atoms with Crippen LogP contribution >= 0.6 is 39.0 Å². The zero-order valence-electron chi connectivity index (χ0n) is 11.0. The van der Waals surface area contributed by atoms with Crippen molar-refractivity contribution < 1.29 is 13.2 Å². The molecule has 1 aliphatic heterocycles. The van der Waals surface area contributed by atoms with Crippen molar-refractivity contribution >= 4 is 54.6 Å². The summed E-state index contributed by atoms with van der Waals surface area (Å²) in [7, 11) is -3.15. The van der Waals surface area contributed by atoms with Crippen LogP contribution in [0.1, 0.15) is 16.6 Å². The van der Waals surface area contributed by atoms with E-state index in [-0.39, 0.29) is 18.1 Å². The van der Waals surface area contributed by atoms with Crippen molar-refractivity contribution in [3.8, 4) is 0 Å². The number of ketones is 1. The fraction of sp³-hybridized carbons (Fsp3) is 0.583. The average molecular weight is 398 g/mol. The Labute approximate surface area is 136 Å². The van der Waals surface area contributed by atoms with Crippen LogP contribution in [0.2, 0.25) is 0 Å². The van der Waals surface area contributed by atoms with Crippen LogP contribution in [0.25, 0.3) is 0 Å². The van der Waals surface area contributed by atoms with Crippen LogP contribution in [0.3, 0.4) is 0 Å². The number of Topliss-reactive ketones (excluding diaryl/α,β-unsaturated/α-hetero) is 1. The van der Waals surface area contributed by atoms with Gasteiger partial charge in [-0.15, -0.1) is 11.3 Å². The van der Waals surface area contributed by atoms with Crippen LogP contribution < -0.4 is 0 Å². The van der Waals surface area contributed by atoms with Crippen LogP contribution in [-0.2, 0) is 9.84 Å². The van der Waals surface area contributed by atoms with Crippen molar-refractivity contribution in [2.75, 3.05) is 30.3 Å². The van der Waals surface area contributed by atoms with Crippen molar-refractivity contribution in [2.45, 2.75) is 12.3 Å². The molecule has 0 N–H and O–H groups in total. The minimum absolute atomic E-state index is 0.0103. The summed E-state index contributed by atoms with van der Waals surface area (Å²) in [6.07, 6.45) is 0. The van der Waals surface area contributed by atoms with Gasteiger partial charge in [0.25, 0.3) is 0 Å². The third kappa shape index (κ3) is 3.85. The van der Waals surface area contributed by atoms with Crippen LogP contribution in [0, 0.1) is 0 Å². The summed E-state index contributed by atoms with van der Waals surface area (Å²) in [5.74, 6) is 1.53. The van der Waals surface area contributed by atoms with Gasteiger partial charge >= 0.3 is 0 Å². The Morgan fingerprint density at radius 2 is 2.25 bits per heavy atom. The maximum absolute atomic E-state index is 12.2. The molecule has 0 bridgehead atoms. The third-order valence-electron chi connectivity index (χ3n) is 3.20. The minimum atomic E-state index is -3.15. The Balaban J connectivity index is 2.11. The Hall–Kier alpha value is 0.110. The maximum Gasteiger partial charge on any atom is 0.186 e. The lowest BCUT2D eigenvalue weighted by Crippen LogP contribution is -2.49. The van der Waals surface area contributed by atoms with Gasteiger partial charge in [0.2, 0.25) is 0 Å². The molecular weight excluding hydrogens is 382 g/mol. The standard InChI is InChI=1S/C12H16BrNO3S3/c1-2-20(16,17)12-8-18-6-5-14(12)7-9(15)10-3-4-11(13)19-10/h3-4,12H,2,5-8H2,1H3. The Kier molecular flexibility index (Phi) is 5.70. The normalized spacial score (nSPS) is 21.0. The van der Waals surface area contributed by atoms with Gasteiger partial charge in [-0.25, -0.2) is 8.42 Å². The molecule has 4 nitrogen and oxygen atoms in total. The highest BCUT2D eigenvalue weighted by molar-refractivity contribution is 9.11. The van der Waals surface area contributed by atoms with Gasteiger partial charge in [0.15, 0.2) is 15.6 Å². The Bertz CT molecular complexity index is 585. The molecule has 1 aromatic heterocycles. The molecule has 0 spiro atoms. The van der Waals surface area contributed by atoms with Gasteiger partial charge in [-0.1, -0.05) is 6.92 Å². The molecule has 1 atom stereocenters. The van der Waals surface area contributed by atoms with E-state index >= 15 is 0 Å². The minimum Gasteiger partial charge on any atom is -0.292 e. The van der Waals surface area contributed by atoms with Crippen LogP contribution in [-0.4, -0.2) is 54.8 Å². The van der Waals surface area contributed by atoms with Crippen LogP contribution in [0.4, 0.5) is 0 Å². The largest absolute Gasteiger partial charge is 0.292 e. The number of carbonyl (C=O) groups excluding carboxylic acids is 1. The third-order valence-corrected chi connectivity index (χ3v) is 8.20. The lowest BCUT2D eigenvalue weighted by molar-refractivity contribution is 0.0932. The van der Waals surface area contributed by atoms with E-state index < -0.39 is 15.2 Å². The first-order valence-electron chi connectivity index (χ1n) is 6.26. The molecule has 0 aliphatic carbocycles. The number of thiophene rings is 1. The highest BCUT2D eigenvalue weighted by Crippen LogP contribution is 2.25. The lowest BCUT2D eigenvalue weighted by atomic mass is 10.3. The molecule has 20 heavy (non-hydrogen) atoms. The number of carbonyl (C=O) groups is 1. The van der Waals surface area contributed by atoms with E-state index in [9.17, 15) is 13.2 Å². The first-order valence-corrected chi connectivity index (χ1v) is 10.7. The predicted molar refractivity (Wildman–Crippen MR) is 88.5 cm³/mol. The molecule has 8 heteroatoms. The van der Waals surface area contributed by atoms with E-state index in [0.29, 0.717) is 17.2 Å². The summed E-state index contributed by atoms with van der Waals surface area (Å²) < 4.78 is 25.1. The highest BCUT2D eigenvalue weighted by atomic mass is 79.9. The molecule has 0 amide bonds. The van der Waals surface area contributed by atoms with Crippen LogP contribution in [0.15, 0.2) is 15.9 Å². The molecule has 1 unspecified atom stereocenters. The second kappa shape index (κ2) is 6.91. The van der Waals surface area contributed by atoms with Gasteiger partial charge in [0.1, 0.15) is 5.37 Å². The molecular formula is C12H16BrNO3S3. The van der Waals surface area contributed by atoms with E-state index in [1.165, 1.54) is 11.3 Å². The summed E-state index contributed by atoms with van der Waals surface area (Å²) in [5.41, 5.74) is 0. The predicted octanol–water partition coefficient (Wildman–Crippen LogP) is 2.50. The quantitative estimate of drug-likeness (QED) is 0.714. The van der Waals surface area contributed by atoms with Gasteiger partial charge in [-0.2, -0.15) is 11.8 Å². The first kappa shape index (κ1) is 16.5. The van der Waals surface area contributed by atoms with E-state index in [4.69, 9.17) is 0 Å². The number of thioether (sulfide) groups is 1. The monoisotopic (exact) mass is 397 g/mol.